The molecule has 2 aromatic rings. The van der Waals surface area contributed by atoms with Gasteiger partial charge in [-0.25, -0.2) is 0 Å². The van der Waals surface area contributed by atoms with Crippen molar-refractivity contribution in [3.05, 3.63) is 65.2 Å². The molecule has 0 aliphatic heterocycles. The fourth-order valence-electron chi connectivity index (χ4n) is 2.04. The van der Waals surface area contributed by atoms with Crippen LogP contribution in [-0.4, -0.2) is 17.9 Å². The Balaban J connectivity index is 2.19. The highest BCUT2D eigenvalue weighted by Crippen LogP contribution is 2.17. The number of rotatable bonds is 4. The lowest BCUT2D eigenvalue weighted by Crippen LogP contribution is -2.26. The van der Waals surface area contributed by atoms with Crippen molar-refractivity contribution in [2.75, 3.05) is 11.9 Å². The molecule has 21 heavy (non-hydrogen) atoms. The van der Waals surface area contributed by atoms with Gasteiger partial charge in [-0.05, 0) is 36.2 Å². The number of nitrogens with two attached hydrogens (primary N) is 1. The normalized spacial score (nSPS) is 10.2. The Morgan fingerprint density at radius 1 is 1.05 bits per heavy atom. The zero-order chi connectivity index (χ0) is 15.4. The van der Waals surface area contributed by atoms with Crippen molar-refractivity contribution in [3.63, 3.8) is 0 Å². The first-order valence-electron chi connectivity index (χ1n) is 6.79. The number of thiocarbonyl (C=S) groups is 1. The average Bonchev–Trinajstić information content (AvgIpc) is 2.53. The second-order valence-electron chi connectivity index (χ2n) is 4.83. The molecule has 3 nitrogen and oxygen atoms in total. The van der Waals surface area contributed by atoms with Crippen molar-refractivity contribution >= 4 is 28.8 Å². The van der Waals surface area contributed by atoms with Gasteiger partial charge in [0, 0.05) is 23.9 Å². The highest BCUT2D eigenvalue weighted by molar-refractivity contribution is 7.80. The molecule has 0 aliphatic rings. The third-order valence-corrected chi connectivity index (χ3v) is 3.69. The second kappa shape index (κ2) is 6.50. The summed E-state index contributed by atoms with van der Waals surface area (Å²) in [5.74, 6) is -0.0614. The summed E-state index contributed by atoms with van der Waals surface area (Å²) >= 11 is 4.91. The summed E-state index contributed by atoms with van der Waals surface area (Å²) in [4.78, 5) is 14.4. The van der Waals surface area contributed by atoms with Gasteiger partial charge in [0.25, 0.3) is 5.91 Å². The first kappa shape index (κ1) is 15.2. The largest absolute Gasteiger partial charge is 0.389 e. The van der Waals surface area contributed by atoms with Crippen LogP contribution in [0.5, 0.6) is 0 Å². The number of nitrogens with zero attached hydrogens (tertiary/aromatic N) is 1. The maximum Gasteiger partial charge on any atom is 0.258 e. The van der Waals surface area contributed by atoms with Crippen molar-refractivity contribution in [1.82, 2.24) is 0 Å². The highest BCUT2D eigenvalue weighted by Gasteiger charge is 2.13. The summed E-state index contributed by atoms with van der Waals surface area (Å²) in [5.41, 5.74) is 9.04. The number of anilines is 1. The SMILES string of the molecule is CCc1ccc(N(C)C(=O)c2ccc(C(N)=S)cc2)cc1. The predicted molar refractivity (Wildman–Crippen MR) is 90.9 cm³/mol. The number of carbonyl (C=O) groups excluding carboxylic acids is 1. The van der Waals surface area contributed by atoms with E-state index in [0.717, 1.165) is 17.7 Å². The molecule has 0 heterocycles. The van der Waals surface area contributed by atoms with Crippen molar-refractivity contribution in [3.8, 4) is 0 Å². The van der Waals surface area contributed by atoms with Gasteiger partial charge in [-0.3, -0.25) is 4.79 Å². The van der Waals surface area contributed by atoms with Gasteiger partial charge in [-0.2, -0.15) is 0 Å². The Hall–Kier alpha value is -2.20. The minimum absolute atomic E-state index is 0.0614. The third-order valence-electron chi connectivity index (χ3n) is 3.45. The average molecular weight is 298 g/mol. The maximum absolute atomic E-state index is 12.4. The van der Waals surface area contributed by atoms with E-state index in [0.29, 0.717) is 10.6 Å². The fourth-order valence-corrected chi connectivity index (χ4v) is 2.18. The van der Waals surface area contributed by atoms with Crippen LogP contribution >= 0.6 is 12.2 Å². The van der Waals surface area contributed by atoms with Crippen LogP contribution in [0.25, 0.3) is 0 Å². The standard InChI is InChI=1S/C17H18N2OS/c1-3-12-4-10-15(11-5-12)19(2)17(20)14-8-6-13(7-9-14)16(18)21/h4-11H,3H2,1-2H3,(H2,18,21). The van der Waals surface area contributed by atoms with E-state index in [2.05, 4.69) is 6.92 Å². The van der Waals surface area contributed by atoms with Crippen LogP contribution in [0.15, 0.2) is 48.5 Å². The van der Waals surface area contributed by atoms with E-state index in [1.54, 1.807) is 36.2 Å². The molecular formula is C17H18N2OS. The number of benzene rings is 2. The molecule has 1 amide bonds. The number of hydrogen-bond donors (Lipinski definition) is 1. The van der Waals surface area contributed by atoms with Gasteiger partial charge >= 0.3 is 0 Å². The summed E-state index contributed by atoms with van der Waals surface area (Å²) in [6.07, 6.45) is 0.985. The molecule has 0 bridgehead atoms. The van der Waals surface area contributed by atoms with E-state index in [1.807, 2.05) is 24.3 Å². The van der Waals surface area contributed by atoms with Gasteiger partial charge in [0.05, 0.1) is 0 Å². The van der Waals surface area contributed by atoms with E-state index in [9.17, 15) is 4.79 Å². The Morgan fingerprint density at radius 3 is 2.05 bits per heavy atom. The fraction of sp³-hybridized carbons (Fsp3) is 0.176. The van der Waals surface area contributed by atoms with Crippen LogP contribution in [0.2, 0.25) is 0 Å². The summed E-state index contributed by atoms with van der Waals surface area (Å²) < 4.78 is 0. The third kappa shape index (κ3) is 3.47. The quantitative estimate of drug-likeness (QED) is 0.882. The van der Waals surface area contributed by atoms with E-state index in [-0.39, 0.29) is 5.91 Å². The molecular weight excluding hydrogens is 280 g/mol. The molecule has 2 rings (SSSR count). The summed E-state index contributed by atoms with van der Waals surface area (Å²) in [7, 11) is 1.77. The Morgan fingerprint density at radius 2 is 1.57 bits per heavy atom. The summed E-state index contributed by atoms with van der Waals surface area (Å²) in [6, 6.07) is 15.0. The number of hydrogen-bond acceptors (Lipinski definition) is 2. The monoisotopic (exact) mass is 298 g/mol. The van der Waals surface area contributed by atoms with Gasteiger partial charge < -0.3 is 10.6 Å². The van der Waals surface area contributed by atoms with Crippen LogP contribution in [0.3, 0.4) is 0 Å². The first-order chi connectivity index (χ1) is 10.0. The summed E-state index contributed by atoms with van der Waals surface area (Å²) in [5, 5.41) is 0. The van der Waals surface area contributed by atoms with Crippen molar-refractivity contribution in [1.29, 1.82) is 0 Å². The molecule has 0 aliphatic carbocycles. The smallest absolute Gasteiger partial charge is 0.258 e. The zero-order valence-corrected chi connectivity index (χ0v) is 13.0. The van der Waals surface area contributed by atoms with Crippen molar-refractivity contribution < 1.29 is 4.79 Å². The van der Waals surface area contributed by atoms with Crippen LogP contribution in [-0.2, 0) is 6.42 Å². The van der Waals surface area contributed by atoms with Gasteiger partial charge in [0.1, 0.15) is 4.99 Å². The predicted octanol–water partition coefficient (Wildman–Crippen LogP) is 3.16. The second-order valence-corrected chi connectivity index (χ2v) is 5.27. The molecule has 2 N–H and O–H groups in total. The number of amides is 1. The number of aryl methyl sites for hydroxylation is 1. The van der Waals surface area contributed by atoms with Crippen LogP contribution < -0.4 is 10.6 Å². The maximum atomic E-state index is 12.4. The molecule has 0 atom stereocenters. The Labute approximate surface area is 130 Å². The van der Waals surface area contributed by atoms with E-state index >= 15 is 0 Å². The lowest BCUT2D eigenvalue weighted by Gasteiger charge is -2.18. The Bertz CT molecular complexity index is 647. The minimum atomic E-state index is -0.0614. The van der Waals surface area contributed by atoms with Crippen LogP contribution in [0.1, 0.15) is 28.4 Å². The number of carbonyl (C=O) groups is 1. The van der Waals surface area contributed by atoms with Crippen molar-refractivity contribution in [2.24, 2.45) is 5.73 Å². The molecule has 0 fully saturated rings. The molecule has 0 saturated carbocycles. The molecule has 108 valence electrons. The Kier molecular flexibility index (Phi) is 4.70. The topological polar surface area (TPSA) is 46.3 Å². The van der Waals surface area contributed by atoms with Gasteiger partial charge in [-0.15, -0.1) is 0 Å². The molecule has 2 aromatic carbocycles. The van der Waals surface area contributed by atoms with Gasteiger partial charge in [0.2, 0.25) is 0 Å². The summed E-state index contributed by atoms with van der Waals surface area (Å²) in [6.45, 7) is 2.10. The molecule has 4 heteroatoms. The van der Waals surface area contributed by atoms with E-state index in [1.165, 1.54) is 5.56 Å². The van der Waals surface area contributed by atoms with E-state index < -0.39 is 0 Å². The lowest BCUT2D eigenvalue weighted by atomic mass is 10.1. The highest BCUT2D eigenvalue weighted by atomic mass is 32.1. The molecule has 0 unspecified atom stereocenters. The minimum Gasteiger partial charge on any atom is -0.389 e. The first-order valence-corrected chi connectivity index (χ1v) is 7.20. The van der Waals surface area contributed by atoms with Gasteiger partial charge in [-0.1, -0.05) is 43.4 Å². The molecule has 0 aromatic heterocycles. The molecule has 0 radical (unpaired) electrons. The lowest BCUT2D eigenvalue weighted by molar-refractivity contribution is 0.0993. The van der Waals surface area contributed by atoms with Crippen LogP contribution in [0.4, 0.5) is 5.69 Å². The zero-order valence-electron chi connectivity index (χ0n) is 12.2. The molecule has 0 saturated heterocycles. The van der Waals surface area contributed by atoms with Crippen LogP contribution in [0, 0.1) is 0 Å². The van der Waals surface area contributed by atoms with Gasteiger partial charge in [0.15, 0.2) is 0 Å². The van der Waals surface area contributed by atoms with E-state index in [4.69, 9.17) is 18.0 Å². The molecule has 0 spiro atoms. The van der Waals surface area contributed by atoms with Crippen molar-refractivity contribution in [2.45, 2.75) is 13.3 Å².